The highest BCUT2D eigenvalue weighted by atomic mass is 16.5. The molecule has 0 radical (unpaired) electrons. The van der Waals surface area contributed by atoms with Crippen LogP contribution in [0.5, 0.6) is 5.75 Å². The zero-order chi connectivity index (χ0) is 13.8. The number of aryl methyl sites for hydroxylation is 1. The number of ether oxygens (including phenoxy) is 2. The van der Waals surface area contributed by atoms with Crippen LogP contribution in [0, 0.1) is 0 Å². The Morgan fingerprint density at radius 2 is 2.42 bits per heavy atom. The van der Waals surface area contributed by atoms with Crippen LogP contribution >= 0.6 is 0 Å². The Bertz CT molecular complexity index is 444. The first-order valence-electron chi connectivity index (χ1n) is 6.61. The maximum atomic E-state index is 12.6. The molecule has 1 aromatic heterocycles. The Hall–Kier alpha value is -1.40. The fourth-order valence-electron chi connectivity index (χ4n) is 2.24. The van der Waals surface area contributed by atoms with Gasteiger partial charge in [0.15, 0.2) is 5.75 Å². The van der Waals surface area contributed by atoms with E-state index in [1.54, 1.807) is 18.0 Å². The average molecular weight is 267 g/mol. The SMILES string of the molecule is CCCn1ncc(OC)c1C(=O)C1CN(C)CCO1. The number of Topliss-reactive ketones (excluding diaryl/α,β-unsaturated/α-hetero) is 1. The normalized spacial score (nSPS) is 20.5. The number of morpholine rings is 1. The predicted octanol–water partition coefficient (Wildman–Crippen LogP) is 0.815. The van der Waals surface area contributed by atoms with Gasteiger partial charge < -0.3 is 14.4 Å². The first-order valence-corrected chi connectivity index (χ1v) is 6.61. The molecule has 1 fully saturated rings. The fraction of sp³-hybridized carbons (Fsp3) is 0.692. The van der Waals surface area contributed by atoms with E-state index in [0.29, 0.717) is 31.1 Å². The highest BCUT2D eigenvalue weighted by molar-refractivity contribution is 6.00. The van der Waals surface area contributed by atoms with E-state index in [4.69, 9.17) is 9.47 Å². The number of rotatable bonds is 5. The third-order valence-electron chi connectivity index (χ3n) is 3.26. The fourth-order valence-corrected chi connectivity index (χ4v) is 2.24. The van der Waals surface area contributed by atoms with Gasteiger partial charge in [-0.2, -0.15) is 5.10 Å². The lowest BCUT2D eigenvalue weighted by atomic mass is 10.1. The molecule has 1 unspecified atom stereocenters. The molecular formula is C13H21N3O3. The zero-order valence-corrected chi connectivity index (χ0v) is 11.8. The number of nitrogens with zero attached hydrogens (tertiary/aromatic N) is 3. The van der Waals surface area contributed by atoms with Crippen LogP contribution in [0.3, 0.4) is 0 Å². The molecule has 1 aliphatic rings. The van der Waals surface area contributed by atoms with Crippen LogP contribution in [0.15, 0.2) is 6.20 Å². The predicted molar refractivity (Wildman–Crippen MR) is 70.6 cm³/mol. The largest absolute Gasteiger partial charge is 0.493 e. The minimum Gasteiger partial charge on any atom is -0.493 e. The molecule has 0 aromatic carbocycles. The summed E-state index contributed by atoms with van der Waals surface area (Å²) in [6.45, 7) is 4.80. The molecule has 0 amide bonds. The number of hydrogen-bond acceptors (Lipinski definition) is 5. The lowest BCUT2D eigenvalue weighted by Gasteiger charge is -2.29. The Kier molecular flexibility index (Phi) is 4.55. The number of aromatic nitrogens is 2. The topological polar surface area (TPSA) is 56.6 Å². The molecule has 1 aliphatic heterocycles. The van der Waals surface area contributed by atoms with E-state index < -0.39 is 6.10 Å². The average Bonchev–Trinajstić information content (AvgIpc) is 2.81. The monoisotopic (exact) mass is 267 g/mol. The molecule has 0 bridgehead atoms. The van der Waals surface area contributed by atoms with Crippen molar-refractivity contribution in [3.8, 4) is 5.75 Å². The van der Waals surface area contributed by atoms with Gasteiger partial charge in [-0.25, -0.2) is 0 Å². The van der Waals surface area contributed by atoms with Crippen molar-refractivity contribution in [3.63, 3.8) is 0 Å². The van der Waals surface area contributed by atoms with Gasteiger partial charge in [0, 0.05) is 19.6 Å². The van der Waals surface area contributed by atoms with E-state index in [0.717, 1.165) is 13.0 Å². The van der Waals surface area contributed by atoms with Crippen LogP contribution in [-0.2, 0) is 11.3 Å². The molecule has 1 saturated heterocycles. The van der Waals surface area contributed by atoms with Gasteiger partial charge in [0.05, 0.1) is 19.9 Å². The number of methoxy groups -OCH3 is 1. The number of carbonyl (C=O) groups is 1. The maximum absolute atomic E-state index is 12.6. The number of hydrogen-bond donors (Lipinski definition) is 0. The summed E-state index contributed by atoms with van der Waals surface area (Å²) in [5.74, 6) is 0.477. The molecule has 106 valence electrons. The molecule has 0 spiro atoms. The van der Waals surface area contributed by atoms with Crippen LogP contribution in [0.2, 0.25) is 0 Å². The second kappa shape index (κ2) is 6.16. The molecule has 2 rings (SSSR count). The summed E-state index contributed by atoms with van der Waals surface area (Å²) in [6, 6.07) is 0. The second-order valence-corrected chi connectivity index (χ2v) is 4.77. The molecule has 2 heterocycles. The molecule has 0 aliphatic carbocycles. The van der Waals surface area contributed by atoms with Crippen molar-refractivity contribution in [2.24, 2.45) is 0 Å². The third kappa shape index (κ3) is 2.96. The first-order chi connectivity index (χ1) is 9.17. The highest BCUT2D eigenvalue weighted by Gasteiger charge is 2.30. The summed E-state index contributed by atoms with van der Waals surface area (Å²) in [6.07, 6.45) is 2.08. The first kappa shape index (κ1) is 14.0. The summed E-state index contributed by atoms with van der Waals surface area (Å²) >= 11 is 0. The van der Waals surface area contributed by atoms with E-state index in [1.807, 2.05) is 14.0 Å². The lowest BCUT2D eigenvalue weighted by molar-refractivity contribution is -0.00931. The van der Waals surface area contributed by atoms with Crippen LogP contribution < -0.4 is 4.74 Å². The van der Waals surface area contributed by atoms with Gasteiger partial charge in [0.25, 0.3) is 0 Å². The van der Waals surface area contributed by atoms with Gasteiger partial charge in [-0.05, 0) is 13.5 Å². The molecule has 1 atom stereocenters. The number of carbonyl (C=O) groups excluding carboxylic acids is 1. The smallest absolute Gasteiger partial charge is 0.214 e. The molecule has 1 aromatic rings. The van der Waals surface area contributed by atoms with Crippen molar-refractivity contribution in [2.75, 3.05) is 33.9 Å². The van der Waals surface area contributed by atoms with E-state index in [9.17, 15) is 4.79 Å². The summed E-state index contributed by atoms with van der Waals surface area (Å²) in [5.41, 5.74) is 0.518. The van der Waals surface area contributed by atoms with Crippen molar-refractivity contribution in [2.45, 2.75) is 26.0 Å². The quantitative estimate of drug-likeness (QED) is 0.739. The summed E-state index contributed by atoms with van der Waals surface area (Å²) in [4.78, 5) is 14.7. The van der Waals surface area contributed by atoms with Gasteiger partial charge in [-0.15, -0.1) is 0 Å². The number of ketones is 1. The van der Waals surface area contributed by atoms with Crippen LogP contribution in [0.25, 0.3) is 0 Å². The standard InChI is InChI=1S/C13H21N3O3/c1-4-5-16-12(10(18-3)8-14-16)13(17)11-9-15(2)6-7-19-11/h8,11H,4-7,9H2,1-3H3. The highest BCUT2D eigenvalue weighted by Crippen LogP contribution is 2.21. The Morgan fingerprint density at radius 1 is 1.63 bits per heavy atom. The van der Waals surface area contributed by atoms with Gasteiger partial charge in [-0.3, -0.25) is 9.48 Å². The molecule has 6 nitrogen and oxygen atoms in total. The zero-order valence-electron chi connectivity index (χ0n) is 11.8. The van der Waals surface area contributed by atoms with Gasteiger partial charge in [-0.1, -0.05) is 6.92 Å². The van der Waals surface area contributed by atoms with Crippen LogP contribution in [-0.4, -0.2) is 60.4 Å². The van der Waals surface area contributed by atoms with Crippen molar-refractivity contribution >= 4 is 5.78 Å². The van der Waals surface area contributed by atoms with Gasteiger partial charge in [0.1, 0.15) is 11.8 Å². The van der Waals surface area contributed by atoms with E-state index in [1.165, 1.54) is 0 Å². The summed E-state index contributed by atoms with van der Waals surface area (Å²) in [5, 5.41) is 4.21. The van der Waals surface area contributed by atoms with Gasteiger partial charge in [0.2, 0.25) is 5.78 Å². The molecular weight excluding hydrogens is 246 g/mol. The third-order valence-corrected chi connectivity index (χ3v) is 3.26. The van der Waals surface area contributed by atoms with Crippen LogP contribution in [0.4, 0.5) is 0 Å². The molecule has 0 saturated carbocycles. The molecule has 19 heavy (non-hydrogen) atoms. The van der Waals surface area contributed by atoms with E-state index in [2.05, 4.69) is 10.00 Å². The summed E-state index contributed by atoms with van der Waals surface area (Å²) in [7, 11) is 3.54. The Balaban J connectivity index is 2.23. The molecule has 6 heteroatoms. The Morgan fingerprint density at radius 3 is 3.05 bits per heavy atom. The van der Waals surface area contributed by atoms with Crippen molar-refractivity contribution < 1.29 is 14.3 Å². The summed E-state index contributed by atoms with van der Waals surface area (Å²) < 4.78 is 12.5. The number of likely N-dealkylation sites (N-methyl/N-ethyl adjacent to an activating group) is 1. The molecule has 0 N–H and O–H groups in total. The van der Waals surface area contributed by atoms with Crippen molar-refractivity contribution in [1.82, 2.24) is 14.7 Å². The lowest BCUT2D eigenvalue weighted by Crippen LogP contribution is -2.44. The van der Waals surface area contributed by atoms with Crippen LogP contribution in [0.1, 0.15) is 23.8 Å². The second-order valence-electron chi connectivity index (χ2n) is 4.77. The Labute approximate surface area is 113 Å². The van der Waals surface area contributed by atoms with E-state index in [-0.39, 0.29) is 5.78 Å². The minimum atomic E-state index is -0.431. The van der Waals surface area contributed by atoms with Gasteiger partial charge >= 0.3 is 0 Å². The van der Waals surface area contributed by atoms with Crippen molar-refractivity contribution in [1.29, 1.82) is 0 Å². The maximum Gasteiger partial charge on any atom is 0.214 e. The van der Waals surface area contributed by atoms with E-state index >= 15 is 0 Å². The minimum absolute atomic E-state index is 0.0469. The van der Waals surface area contributed by atoms with Crippen molar-refractivity contribution in [3.05, 3.63) is 11.9 Å².